The molecule has 2 aromatic rings. The molecule has 5 nitrogen and oxygen atoms in total. The third kappa shape index (κ3) is 4.32. The Kier molecular flexibility index (Phi) is 5.63. The van der Waals surface area contributed by atoms with Crippen molar-refractivity contribution >= 4 is 23.2 Å². The third-order valence-corrected chi connectivity index (χ3v) is 6.92. The Morgan fingerprint density at radius 2 is 1.97 bits per heavy atom. The molecular formula is C23H28N2O3S. The van der Waals surface area contributed by atoms with Crippen LogP contribution in [-0.2, 0) is 16.0 Å². The largest absolute Gasteiger partial charge is 0.487 e. The summed E-state index contributed by atoms with van der Waals surface area (Å²) in [5, 5.41) is 4.05. The SMILES string of the molecule is CN(C)C(=O)CC1CC2(CCN(C(=O)Cc3ccsc3)CC2)Oc2ccccc21. The summed E-state index contributed by atoms with van der Waals surface area (Å²) >= 11 is 1.62. The molecule has 1 fully saturated rings. The average molecular weight is 413 g/mol. The lowest BCUT2D eigenvalue weighted by Gasteiger charge is -2.47. The quantitative estimate of drug-likeness (QED) is 0.769. The Bertz CT molecular complexity index is 870. The molecule has 2 amide bonds. The summed E-state index contributed by atoms with van der Waals surface area (Å²) in [6, 6.07) is 10.1. The van der Waals surface area contributed by atoms with E-state index in [2.05, 4.69) is 6.07 Å². The van der Waals surface area contributed by atoms with Crippen molar-refractivity contribution in [2.24, 2.45) is 0 Å². The Morgan fingerprint density at radius 3 is 2.66 bits per heavy atom. The number of piperidine rings is 1. The van der Waals surface area contributed by atoms with Crippen molar-refractivity contribution in [2.75, 3.05) is 27.2 Å². The molecule has 2 aliphatic rings. The Balaban J connectivity index is 1.46. The monoisotopic (exact) mass is 412 g/mol. The first kappa shape index (κ1) is 20.0. The lowest BCUT2D eigenvalue weighted by molar-refractivity contribution is -0.134. The summed E-state index contributed by atoms with van der Waals surface area (Å²) in [4.78, 5) is 28.7. The zero-order valence-corrected chi connectivity index (χ0v) is 17.9. The number of fused-ring (bicyclic) bond motifs is 1. The van der Waals surface area contributed by atoms with Gasteiger partial charge in [0.2, 0.25) is 11.8 Å². The van der Waals surface area contributed by atoms with Gasteiger partial charge in [0, 0.05) is 52.4 Å². The van der Waals surface area contributed by atoms with E-state index in [9.17, 15) is 9.59 Å². The van der Waals surface area contributed by atoms with Gasteiger partial charge in [0.05, 0.1) is 6.42 Å². The number of carbonyl (C=O) groups is 2. The fourth-order valence-corrected chi connectivity index (χ4v) is 5.14. The molecule has 2 aliphatic heterocycles. The van der Waals surface area contributed by atoms with E-state index < -0.39 is 0 Å². The predicted molar refractivity (Wildman–Crippen MR) is 114 cm³/mol. The first-order valence-corrected chi connectivity index (χ1v) is 11.2. The number of ether oxygens (including phenoxy) is 1. The van der Waals surface area contributed by atoms with Gasteiger partial charge in [0.15, 0.2) is 0 Å². The molecule has 1 aromatic carbocycles. The van der Waals surface area contributed by atoms with E-state index in [0.29, 0.717) is 25.9 Å². The molecular weight excluding hydrogens is 384 g/mol. The second-order valence-electron chi connectivity index (χ2n) is 8.41. The van der Waals surface area contributed by atoms with E-state index in [1.165, 1.54) is 0 Å². The molecule has 154 valence electrons. The van der Waals surface area contributed by atoms with E-state index in [-0.39, 0.29) is 23.3 Å². The van der Waals surface area contributed by atoms with Crippen LogP contribution in [0.25, 0.3) is 0 Å². The van der Waals surface area contributed by atoms with Crippen LogP contribution in [0.3, 0.4) is 0 Å². The maximum absolute atomic E-state index is 12.7. The molecule has 0 saturated carbocycles. The van der Waals surface area contributed by atoms with E-state index in [1.54, 1.807) is 30.3 Å². The molecule has 0 aliphatic carbocycles. The summed E-state index contributed by atoms with van der Waals surface area (Å²) < 4.78 is 6.51. The highest BCUT2D eigenvalue weighted by molar-refractivity contribution is 7.08. The van der Waals surface area contributed by atoms with Gasteiger partial charge in [-0.25, -0.2) is 0 Å². The van der Waals surface area contributed by atoms with E-state index in [0.717, 1.165) is 36.1 Å². The number of carbonyl (C=O) groups excluding carboxylic acids is 2. The van der Waals surface area contributed by atoms with Gasteiger partial charge in [-0.2, -0.15) is 11.3 Å². The molecule has 0 bridgehead atoms. The summed E-state index contributed by atoms with van der Waals surface area (Å²) in [6.07, 6.45) is 3.42. The van der Waals surface area contributed by atoms with Crippen molar-refractivity contribution in [1.29, 1.82) is 0 Å². The van der Waals surface area contributed by atoms with E-state index in [4.69, 9.17) is 4.74 Å². The van der Waals surface area contributed by atoms with Crippen LogP contribution in [0.4, 0.5) is 0 Å². The summed E-state index contributed by atoms with van der Waals surface area (Å²) in [5.74, 6) is 1.38. The summed E-state index contributed by atoms with van der Waals surface area (Å²) in [5.41, 5.74) is 1.93. The Labute approximate surface area is 176 Å². The van der Waals surface area contributed by atoms with Crippen LogP contribution >= 0.6 is 11.3 Å². The van der Waals surface area contributed by atoms with Gasteiger partial charge in [0.1, 0.15) is 11.4 Å². The maximum atomic E-state index is 12.7. The van der Waals surface area contributed by atoms with Crippen molar-refractivity contribution < 1.29 is 14.3 Å². The molecule has 29 heavy (non-hydrogen) atoms. The number of nitrogens with zero attached hydrogens (tertiary/aromatic N) is 2. The molecule has 0 radical (unpaired) electrons. The summed E-state index contributed by atoms with van der Waals surface area (Å²) in [6.45, 7) is 1.42. The highest BCUT2D eigenvalue weighted by atomic mass is 32.1. The number of para-hydroxylation sites is 1. The van der Waals surface area contributed by atoms with Gasteiger partial charge in [-0.05, 0) is 40.4 Å². The second kappa shape index (κ2) is 8.19. The van der Waals surface area contributed by atoms with Crippen LogP contribution < -0.4 is 4.74 Å². The zero-order chi connectivity index (χ0) is 20.4. The van der Waals surface area contributed by atoms with Crippen LogP contribution in [0.15, 0.2) is 41.1 Å². The highest BCUT2D eigenvalue weighted by Gasteiger charge is 2.44. The fourth-order valence-electron chi connectivity index (χ4n) is 4.47. The van der Waals surface area contributed by atoms with Crippen molar-refractivity contribution in [3.8, 4) is 5.75 Å². The molecule has 1 aromatic heterocycles. The topological polar surface area (TPSA) is 49.9 Å². The van der Waals surface area contributed by atoms with E-state index >= 15 is 0 Å². The minimum Gasteiger partial charge on any atom is -0.487 e. The minimum atomic E-state index is -0.287. The number of hydrogen-bond acceptors (Lipinski definition) is 4. The van der Waals surface area contributed by atoms with Crippen LogP contribution in [0.1, 0.15) is 42.7 Å². The molecule has 6 heteroatoms. The molecule has 1 spiro atoms. The standard InChI is InChI=1S/C23H28N2O3S/c1-24(2)21(26)14-18-15-23(28-20-6-4-3-5-19(18)20)8-10-25(11-9-23)22(27)13-17-7-12-29-16-17/h3-7,12,16,18H,8-11,13-15H2,1-2H3. The van der Waals surface area contributed by atoms with Crippen molar-refractivity contribution in [3.05, 3.63) is 52.2 Å². The van der Waals surface area contributed by atoms with Crippen LogP contribution in [-0.4, -0.2) is 54.4 Å². The average Bonchev–Trinajstić information content (AvgIpc) is 3.21. The van der Waals surface area contributed by atoms with Gasteiger partial charge in [-0.1, -0.05) is 18.2 Å². The Hall–Kier alpha value is -2.34. The van der Waals surface area contributed by atoms with Crippen molar-refractivity contribution in [2.45, 2.75) is 43.6 Å². The fraction of sp³-hybridized carbons (Fsp3) is 0.478. The smallest absolute Gasteiger partial charge is 0.227 e. The number of benzene rings is 1. The first-order valence-electron chi connectivity index (χ1n) is 10.2. The normalized spacial score (nSPS) is 20.1. The first-order chi connectivity index (χ1) is 14.0. The number of thiophene rings is 1. The van der Waals surface area contributed by atoms with Gasteiger partial charge in [-0.3, -0.25) is 9.59 Å². The molecule has 1 atom stereocenters. The third-order valence-electron chi connectivity index (χ3n) is 6.19. The number of amides is 2. The van der Waals surface area contributed by atoms with Crippen molar-refractivity contribution in [3.63, 3.8) is 0 Å². The van der Waals surface area contributed by atoms with Crippen LogP contribution in [0.2, 0.25) is 0 Å². The molecule has 1 unspecified atom stereocenters. The second-order valence-corrected chi connectivity index (χ2v) is 9.19. The molecule has 0 N–H and O–H groups in total. The van der Waals surface area contributed by atoms with Crippen LogP contribution in [0, 0.1) is 0 Å². The van der Waals surface area contributed by atoms with Gasteiger partial charge in [-0.15, -0.1) is 0 Å². The van der Waals surface area contributed by atoms with Gasteiger partial charge < -0.3 is 14.5 Å². The zero-order valence-electron chi connectivity index (χ0n) is 17.1. The maximum Gasteiger partial charge on any atom is 0.227 e. The number of rotatable bonds is 4. The van der Waals surface area contributed by atoms with Crippen molar-refractivity contribution in [1.82, 2.24) is 9.80 Å². The Morgan fingerprint density at radius 1 is 1.21 bits per heavy atom. The summed E-state index contributed by atoms with van der Waals surface area (Å²) in [7, 11) is 3.61. The number of likely N-dealkylation sites (tertiary alicyclic amines) is 1. The lowest BCUT2D eigenvalue weighted by Crippen LogP contribution is -2.52. The van der Waals surface area contributed by atoms with Gasteiger partial charge >= 0.3 is 0 Å². The highest BCUT2D eigenvalue weighted by Crippen LogP contribution is 2.46. The minimum absolute atomic E-state index is 0.144. The van der Waals surface area contributed by atoms with E-state index in [1.807, 2.05) is 39.9 Å². The molecule has 4 rings (SSSR count). The molecule has 1 saturated heterocycles. The number of hydrogen-bond donors (Lipinski definition) is 0. The van der Waals surface area contributed by atoms with Gasteiger partial charge in [0.25, 0.3) is 0 Å². The molecule has 3 heterocycles. The lowest BCUT2D eigenvalue weighted by atomic mass is 9.76. The van der Waals surface area contributed by atoms with Crippen LogP contribution in [0.5, 0.6) is 5.75 Å². The predicted octanol–water partition coefficient (Wildman–Crippen LogP) is 3.70.